The number of anilines is 1. The normalized spacial score (nSPS) is 18.4. The van der Waals surface area contributed by atoms with E-state index in [-0.39, 0.29) is 18.8 Å². The highest BCUT2D eigenvalue weighted by Crippen LogP contribution is 2.31. The molecule has 80 valence electrons. The van der Waals surface area contributed by atoms with E-state index in [4.69, 9.17) is 5.11 Å². The standard InChI is InChI=1S/C10H11FN2O2/c1-10(11)5-13(6-10)7-3-2-4-12-8(7)9(14)15/h2-4H,5-6H2,1H3,(H,14,15). The molecule has 1 saturated heterocycles. The second kappa shape index (κ2) is 3.18. The van der Waals surface area contributed by atoms with Crippen molar-refractivity contribution in [3.8, 4) is 0 Å². The first kappa shape index (κ1) is 9.89. The number of nitrogens with zero attached hydrogens (tertiary/aromatic N) is 2. The van der Waals surface area contributed by atoms with Crippen molar-refractivity contribution < 1.29 is 14.3 Å². The van der Waals surface area contributed by atoms with Crippen LogP contribution in [0, 0.1) is 0 Å². The number of carboxylic acid groups (broad SMARTS) is 1. The molecule has 15 heavy (non-hydrogen) atoms. The van der Waals surface area contributed by atoms with Gasteiger partial charge in [0.05, 0.1) is 18.8 Å². The van der Waals surface area contributed by atoms with E-state index in [9.17, 15) is 9.18 Å². The molecule has 0 aliphatic carbocycles. The maximum Gasteiger partial charge on any atom is 0.356 e. The molecule has 0 saturated carbocycles. The largest absolute Gasteiger partial charge is 0.476 e. The average molecular weight is 210 g/mol. The molecule has 0 bridgehead atoms. The first-order valence-electron chi connectivity index (χ1n) is 4.62. The van der Waals surface area contributed by atoms with Gasteiger partial charge in [-0.1, -0.05) is 0 Å². The summed E-state index contributed by atoms with van der Waals surface area (Å²) in [6.45, 7) is 1.94. The zero-order valence-electron chi connectivity index (χ0n) is 8.27. The van der Waals surface area contributed by atoms with E-state index >= 15 is 0 Å². The molecule has 0 aromatic carbocycles. The fraction of sp³-hybridized carbons (Fsp3) is 0.400. The summed E-state index contributed by atoms with van der Waals surface area (Å²) < 4.78 is 13.3. The summed E-state index contributed by atoms with van der Waals surface area (Å²) in [4.78, 5) is 16.3. The first-order valence-corrected chi connectivity index (χ1v) is 4.62. The molecule has 4 nitrogen and oxygen atoms in total. The predicted octanol–water partition coefficient (Wildman–Crippen LogP) is 1.33. The van der Waals surface area contributed by atoms with Gasteiger partial charge in [0.1, 0.15) is 5.67 Å². The molecule has 2 heterocycles. The molecule has 1 aromatic heterocycles. The minimum Gasteiger partial charge on any atom is -0.476 e. The van der Waals surface area contributed by atoms with Crippen molar-refractivity contribution in [2.24, 2.45) is 0 Å². The summed E-state index contributed by atoms with van der Waals surface area (Å²) in [6, 6.07) is 3.29. The Balaban J connectivity index is 2.26. The second-order valence-electron chi connectivity index (χ2n) is 3.95. The van der Waals surface area contributed by atoms with E-state index in [0.717, 1.165) is 0 Å². The van der Waals surface area contributed by atoms with Crippen LogP contribution in [-0.4, -0.2) is 34.8 Å². The molecule has 2 rings (SSSR count). The minimum absolute atomic E-state index is 0.0204. The Morgan fingerprint density at radius 1 is 1.67 bits per heavy atom. The van der Waals surface area contributed by atoms with E-state index in [0.29, 0.717) is 5.69 Å². The van der Waals surface area contributed by atoms with Crippen LogP contribution in [-0.2, 0) is 0 Å². The van der Waals surface area contributed by atoms with Crippen molar-refractivity contribution in [1.82, 2.24) is 4.98 Å². The number of hydrogen-bond acceptors (Lipinski definition) is 3. The van der Waals surface area contributed by atoms with E-state index in [2.05, 4.69) is 4.98 Å². The molecule has 0 unspecified atom stereocenters. The van der Waals surface area contributed by atoms with E-state index < -0.39 is 11.6 Å². The topological polar surface area (TPSA) is 53.4 Å². The molecule has 5 heteroatoms. The van der Waals surface area contributed by atoms with Gasteiger partial charge in [-0.2, -0.15) is 0 Å². The van der Waals surface area contributed by atoms with E-state index in [1.807, 2.05) is 0 Å². The molecule has 0 atom stereocenters. The van der Waals surface area contributed by atoms with Gasteiger partial charge in [0.25, 0.3) is 0 Å². The zero-order chi connectivity index (χ0) is 11.1. The number of carbonyl (C=O) groups is 1. The van der Waals surface area contributed by atoms with Crippen LogP contribution < -0.4 is 4.90 Å². The van der Waals surface area contributed by atoms with Gasteiger partial charge >= 0.3 is 5.97 Å². The first-order chi connectivity index (χ1) is 6.99. The monoisotopic (exact) mass is 210 g/mol. The van der Waals surface area contributed by atoms with Gasteiger partial charge in [0.15, 0.2) is 5.69 Å². The summed E-state index contributed by atoms with van der Waals surface area (Å²) in [5.41, 5.74) is -0.751. The van der Waals surface area contributed by atoms with Crippen LogP contribution in [0.3, 0.4) is 0 Å². The number of halogens is 1. The summed E-state index contributed by atoms with van der Waals surface area (Å²) in [5.74, 6) is -1.09. The van der Waals surface area contributed by atoms with Crippen LogP contribution >= 0.6 is 0 Å². The van der Waals surface area contributed by atoms with Crippen LogP contribution in [0.1, 0.15) is 17.4 Å². The van der Waals surface area contributed by atoms with Crippen molar-refractivity contribution in [2.45, 2.75) is 12.6 Å². The highest BCUT2D eigenvalue weighted by molar-refractivity contribution is 5.92. The fourth-order valence-corrected chi connectivity index (χ4v) is 1.74. The third-order valence-electron chi connectivity index (χ3n) is 2.37. The Hall–Kier alpha value is -1.65. The lowest BCUT2D eigenvalue weighted by molar-refractivity contribution is 0.0688. The van der Waals surface area contributed by atoms with Gasteiger partial charge in [-0.25, -0.2) is 14.2 Å². The molecule has 0 radical (unpaired) electrons. The average Bonchev–Trinajstić information content (AvgIpc) is 2.14. The van der Waals surface area contributed by atoms with E-state index in [1.165, 1.54) is 13.1 Å². The van der Waals surface area contributed by atoms with Gasteiger partial charge < -0.3 is 10.0 Å². The van der Waals surface area contributed by atoms with Crippen LogP contribution in [0.15, 0.2) is 18.3 Å². The summed E-state index contributed by atoms with van der Waals surface area (Å²) in [7, 11) is 0. The fourth-order valence-electron chi connectivity index (χ4n) is 1.74. The minimum atomic E-state index is -1.22. The Bertz CT molecular complexity index is 398. The Morgan fingerprint density at radius 3 is 2.87 bits per heavy atom. The van der Waals surface area contributed by atoms with Gasteiger partial charge in [-0.15, -0.1) is 0 Å². The molecule has 0 amide bonds. The zero-order valence-corrected chi connectivity index (χ0v) is 8.27. The van der Waals surface area contributed by atoms with Crippen LogP contribution in [0.25, 0.3) is 0 Å². The molecule has 1 aliphatic rings. The summed E-state index contributed by atoms with van der Waals surface area (Å²) in [5, 5.41) is 8.88. The number of pyridine rings is 1. The Morgan fingerprint density at radius 2 is 2.33 bits per heavy atom. The van der Waals surface area contributed by atoms with Crippen LogP contribution in [0.4, 0.5) is 10.1 Å². The number of aromatic carboxylic acids is 1. The molecule has 0 spiro atoms. The number of carboxylic acids is 1. The van der Waals surface area contributed by atoms with Gasteiger partial charge in [0.2, 0.25) is 0 Å². The molecular weight excluding hydrogens is 199 g/mol. The molecule has 1 aromatic rings. The van der Waals surface area contributed by atoms with Gasteiger partial charge in [-0.3, -0.25) is 0 Å². The van der Waals surface area contributed by atoms with Crippen molar-refractivity contribution in [3.63, 3.8) is 0 Å². The molecule has 1 fully saturated rings. The van der Waals surface area contributed by atoms with Crippen LogP contribution in [0.2, 0.25) is 0 Å². The smallest absolute Gasteiger partial charge is 0.356 e. The lowest BCUT2D eigenvalue weighted by Gasteiger charge is -2.43. The highest BCUT2D eigenvalue weighted by Gasteiger charge is 2.40. The van der Waals surface area contributed by atoms with Gasteiger partial charge in [-0.05, 0) is 19.1 Å². The molecule has 1 N–H and O–H groups in total. The summed E-state index contributed by atoms with van der Waals surface area (Å²) >= 11 is 0. The van der Waals surface area contributed by atoms with Crippen LogP contribution in [0.5, 0.6) is 0 Å². The lowest BCUT2D eigenvalue weighted by Crippen LogP contribution is -2.57. The maximum atomic E-state index is 13.3. The number of aromatic nitrogens is 1. The summed E-state index contributed by atoms with van der Waals surface area (Å²) in [6.07, 6.45) is 1.42. The SMILES string of the molecule is CC1(F)CN(c2cccnc2C(=O)O)C1. The highest BCUT2D eigenvalue weighted by atomic mass is 19.1. The Kier molecular flexibility index (Phi) is 2.10. The second-order valence-corrected chi connectivity index (χ2v) is 3.95. The van der Waals surface area contributed by atoms with E-state index in [1.54, 1.807) is 17.0 Å². The number of alkyl halides is 1. The maximum absolute atomic E-state index is 13.3. The quantitative estimate of drug-likeness (QED) is 0.800. The Labute approximate surface area is 86.4 Å². The van der Waals surface area contributed by atoms with Crippen molar-refractivity contribution >= 4 is 11.7 Å². The van der Waals surface area contributed by atoms with Crippen molar-refractivity contribution in [2.75, 3.05) is 18.0 Å². The third kappa shape index (κ3) is 1.77. The van der Waals surface area contributed by atoms with Crippen molar-refractivity contribution in [3.05, 3.63) is 24.0 Å². The van der Waals surface area contributed by atoms with Crippen molar-refractivity contribution in [1.29, 1.82) is 0 Å². The molecular formula is C10H11FN2O2. The lowest BCUT2D eigenvalue weighted by atomic mass is 9.98. The third-order valence-corrected chi connectivity index (χ3v) is 2.37. The number of hydrogen-bond donors (Lipinski definition) is 1. The number of rotatable bonds is 2. The van der Waals surface area contributed by atoms with Gasteiger partial charge in [0, 0.05) is 6.20 Å². The molecule has 1 aliphatic heterocycles. The predicted molar refractivity (Wildman–Crippen MR) is 52.9 cm³/mol.